The average molecular weight is 379 g/mol. The predicted molar refractivity (Wildman–Crippen MR) is 107 cm³/mol. The van der Waals surface area contributed by atoms with Gasteiger partial charge in [0.1, 0.15) is 5.70 Å². The van der Waals surface area contributed by atoms with Crippen LogP contribution in [0.3, 0.4) is 0 Å². The number of carbonyl (C=O) groups is 2. The highest BCUT2D eigenvalue weighted by Gasteiger charge is 2.38. The van der Waals surface area contributed by atoms with Crippen LogP contribution in [0.1, 0.15) is 30.0 Å². The van der Waals surface area contributed by atoms with Gasteiger partial charge in [-0.05, 0) is 61.2 Å². The molecule has 0 unspecified atom stereocenters. The summed E-state index contributed by atoms with van der Waals surface area (Å²) in [6.45, 7) is 6.16. The lowest BCUT2D eigenvalue weighted by Crippen LogP contribution is -2.33. The van der Waals surface area contributed by atoms with Crippen LogP contribution in [0.2, 0.25) is 0 Å². The highest BCUT2D eigenvalue weighted by Crippen LogP contribution is 2.31. The summed E-state index contributed by atoms with van der Waals surface area (Å²) in [4.78, 5) is 37.4. The summed E-state index contributed by atoms with van der Waals surface area (Å²) < 4.78 is 0. The first-order valence-electron chi connectivity index (χ1n) is 9.03. The number of nitrogens with zero attached hydrogens (tertiary/aromatic N) is 2. The van der Waals surface area contributed by atoms with Crippen molar-refractivity contribution in [2.75, 3.05) is 11.9 Å². The molecule has 0 atom stereocenters. The van der Waals surface area contributed by atoms with E-state index in [1.54, 1.807) is 0 Å². The number of benzene rings is 2. The van der Waals surface area contributed by atoms with Gasteiger partial charge in [0, 0.05) is 24.4 Å². The molecule has 2 aromatic carbocycles. The SMILES string of the molecule is CCCN1C(=O)C(Nc2ccc(C)c(C)c2)=C(c2ccc([N+](=O)[O-])cc2)C1=O. The van der Waals surface area contributed by atoms with E-state index < -0.39 is 16.7 Å². The number of imide groups is 1. The number of carbonyl (C=O) groups excluding carboxylic acids is 2. The van der Waals surface area contributed by atoms with Crippen LogP contribution in [0.5, 0.6) is 0 Å². The van der Waals surface area contributed by atoms with Crippen LogP contribution in [0.25, 0.3) is 5.57 Å². The molecule has 0 radical (unpaired) electrons. The van der Waals surface area contributed by atoms with Crippen LogP contribution < -0.4 is 5.32 Å². The van der Waals surface area contributed by atoms with E-state index in [1.165, 1.54) is 29.2 Å². The minimum absolute atomic E-state index is 0.0739. The highest BCUT2D eigenvalue weighted by molar-refractivity contribution is 6.36. The first-order valence-corrected chi connectivity index (χ1v) is 9.03. The smallest absolute Gasteiger partial charge is 0.278 e. The molecule has 0 aliphatic carbocycles. The molecule has 0 saturated carbocycles. The van der Waals surface area contributed by atoms with Crippen molar-refractivity contribution in [2.45, 2.75) is 27.2 Å². The van der Waals surface area contributed by atoms with Crippen molar-refractivity contribution in [2.24, 2.45) is 0 Å². The van der Waals surface area contributed by atoms with Crippen molar-refractivity contribution >= 4 is 28.8 Å². The molecule has 0 aromatic heterocycles. The quantitative estimate of drug-likeness (QED) is 0.468. The monoisotopic (exact) mass is 379 g/mol. The lowest BCUT2D eigenvalue weighted by atomic mass is 10.0. The third-order valence-electron chi connectivity index (χ3n) is 4.76. The number of non-ortho nitro benzene ring substituents is 1. The standard InChI is InChI=1S/C21H21N3O4/c1-4-11-23-20(25)18(15-6-9-17(10-7-15)24(27)28)19(21(23)26)22-16-8-5-13(2)14(3)12-16/h5-10,12,22H,4,11H2,1-3H3. The van der Waals surface area contributed by atoms with Gasteiger partial charge < -0.3 is 5.32 Å². The number of nitro groups is 1. The fraction of sp³-hybridized carbons (Fsp3) is 0.238. The normalized spacial score (nSPS) is 14.0. The second kappa shape index (κ2) is 7.64. The molecule has 1 heterocycles. The van der Waals surface area contributed by atoms with Crippen molar-refractivity contribution in [1.82, 2.24) is 4.90 Å². The number of nitrogens with one attached hydrogen (secondary N) is 1. The van der Waals surface area contributed by atoms with Gasteiger partial charge >= 0.3 is 0 Å². The van der Waals surface area contributed by atoms with E-state index in [-0.39, 0.29) is 17.0 Å². The van der Waals surface area contributed by atoms with E-state index in [4.69, 9.17) is 0 Å². The third-order valence-corrected chi connectivity index (χ3v) is 4.76. The summed E-state index contributed by atoms with van der Waals surface area (Å²) in [5.41, 5.74) is 3.70. The molecule has 1 aliphatic rings. The Morgan fingerprint density at radius 3 is 2.25 bits per heavy atom. The maximum atomic E-state index is 12.9. The second-order valence-electron chi connectivity index (χ2n) is 6.74. The molecule has 1 aliphatic heterocycles. The highest BCUT2D eigenvalue weighted by atomic mass is 16.6. The number of aryl methyl sites for hydroxylation is 2. The zero-order chi connectivity index (χ0) is 20.4. The lowest BCUT2D eigenvalue weighted by molar-refractivity contribution is -0.384. The van der Waals surface area contributed by atoms with Gasteiger partial charge in [-0.1, -0.05) is 13.0 Å². The van der Waals surface area contributed by atoms with Crippen molar-refractivity contribution in [3.8, 4) is 0 Å². The molecular weight excluding hydrogens is 358 g/mol. The summed E-state index contributed by atoms with van der Waals surface area (Å²) in [6.07, 6.45) is 0.641. The molecule has 7 nitrogen and oxygen atoms in total. The van der Waals surface area contributed by atoms with Crippen LogP contribution in [-0.4, -0.2) is 28.2 Å². The number of anilines is 1. The number of rotatable bonds is 6. The summed E-state index contributed by atoms with van der Waals surface area (Å²) in [7, 11) is 0. The minimum Gasteiger partial charge on any atom is -0.350 e. The minimum atomic E-state index is -0.503. The van der Waals surface area contributed by atoms with E-state index in [0.717, 1.165) is 11.1 Å². The molecule has 2 amide bonds. The van der Waals surface area contributed by atoms with Crippen molar-refractivity contribution in [3.63, 3.8) is 0 Å². The maximum Gasteiger partial charge on any atom is 0.278 e. The van der Waals surface area contributed by atoms with E-state index in [0.29, 0.717) is 24.2 Å². The zero-order valence-electron chi connectivity index (χ0n) is 16.0. The molecule has 0 bridgehead atoms. The summed E-state index contributed by atoms with van der Waals surface area (Å²) in [5.74, 6) is -0.787. The van der Waals surface area contributed by atoms with E-state index >= 15 is 0 Å². The van der Waals surface area contributed by atoms with Crippen molar-refractivity contribution in [1.29, 1.82) is 0 Å². The summed E-state index contributed by atoms with van der Waals surface area (Å²) >= 11 is 0. The molecule has 28 heavy (non-hydrogen) atoms. The van der Waals surface area contributed by atoms with Gasteiger partial charge in [0.05, 0.1) is 10.5 Å². The zero-order valence-corrected chi connectivity index (χ0v) is 16.0. The first kappa shape index (κ1) is 19.3. The van der Waals surface area contributed by atoms with Crippen LogP contribution >= 0.6 is 0 Å². The van der Waals surface area contributed by atoms with Gasteiger partial charge in [-0.25, -0.2) is 0 Å². The van der Waals surface area contributed by atoms with Gasteiger partial charge in [0.15, 0.2) is 0 Å². The molecule has 7 heteroatoms. The topological polar surface area (TPSA) is 92.6 Å². The number of hydrogen-bond acceptors (Lipinski definition) is 5. The van der Waals surface area contributed by atoms with Crippen LogP contribution in [-0.2, 0) is 9.59 Å². The van der Waals surface area contributed by atoms with Gasteiger partial charge in [0.2, 0.25) is 0 Å². The van der Waals surface area contributed by atoms with Gasteiger partial charge in [-0.3, -0.25) is 24.6 Å². The van der Waals surface area contributed by atoms with Crippen molar-refractivity contribution < 1.29 is 14.5 Å². The Labute approximate surface area is 162 Å². The molecule has 0 saturated heterocycles. The van der Waals surface area contributed by atoms with Gasteiger partial charge in [0.25, 0.3) is 17.5 Å². The number of amides is 2. The first-order chi connectivity index (χ1) is 13.3. The van der Waals surface area contributed by atoms with Crippen LogP contribution in [0.4, 0.5) is 11.4 Å². The average Bonchev–Trinajstić information content (AvgIpc) is 2.89. The Balaban J connectivity index is 2.07. The van der Waals surface area contributed by atoms with E-state index in [1.807, 2.05) is 39.0 Å². The van der Waals surface area contributed by atoms with Crippen molar-refractivity contribution in [3.05, 3.63) is 75.0 Å². The molecule has 0 spiro atoms. The summed E-state index contributed by atoms with van der Waals surface area (Å²) in [5, 5.41) is 14.0. The maximum absolute atomic E-state index is 12.9. The molecular formula is C21H21N3O4. The van der Waals surface area contributed by atoms with Gasteiger partial charge in [-0.15, -0.1) is 0 Å². The lowest BCUT2D eigenvalue weighted by Gasteiger charge is -2.14. The Kier molecular flexibility index (Phi) is 5.26. The Hall–Kier alpha value is -3.48. The molecule has 2 aromatic rings. The van der Waals surface area contributed by atoms with Crippen LogP contribution in [0, 0.1) is 24.0 Å². The van der Waals surface area contributed by atoms with Crippen LogP contribution in [0.15, 0.2) is 48.2 Å². The Morgan fingerprint density at radius 1 is 1.00 bits per heavy atom. The van der Waals surface area contributed by atoms with E-state index in [2.05, 4.69) is 5.32 Å². The molecule has 0 fully saturated rings. The number of hydrogen-bond donors (Lipinski definition) is 1. The number of nitro benzene ring substituents is 1. The summed E-state index contributed by atoms with van der Waals surface area (Å²) in [6, 6.07) is 11.4. The van der Waals surface area contributed by atoms with E-state index in [9.17, 15) is 19.7 Å². The fourth-order valence-electron chi connectivity index (χ4n) is 3.10. The third kappa shape index (κ3) is 3.51. The largest absolute Gasteiger partial charge is 0.350 e. The molecule has 1 N–H and O–H groups in total. The molecule has 3 rings (SSSR count). The Morgan fingerprint density at radius 2 is 1.68 bits per heavy atom. The Bertz CT molecular complexity index is 993. The fourth-order valence-corrected chi connectivity index (χ4v) is 3.10. The molecule has 144 valence electrons. The second-order valence-corrected chi connectivity index (χ2v) is 6.74. The van der Waals surface area contributed by atoms with Gasteiger partial charge in [-0.2, -0.15) is 0 Å². The predicted octanol–water partition coefficient (Wildman–Crippen LogP) is 3.81.